The highest BCUT2D eigenvalue weighted by atomic mass is 32.2. The number of hydrazone groups is 1. The summed E-state index contributed by atoms with van der Waals surface area (Å²) in [7, 11) is 1.25. The average molecular weight is 533 g/mol. The number of carboxylic acids is 1. The molecule has 1 fully saturated rings. The molecule has 1 aromatic heterocycles. The lowest BCUT2D eigenvalue weighted by Crippen LogP contribution is -2.71. The first kappa shape index (κ1) is 23.6. The molecular weight excluding hydrogens is 512 g/mol. The van der Waals surface area contributed by atoms with Crippen LogP contribution in [-0.4, -0.2) is 89.4 Å². The number of anilines is 1. The van der Waals surface area contributed by atoms with Crippen LogP contribution in [0.25, 0.3) is 0 Å². The first-order valence-corrected chi connectivity index (χ1v) is 12.3. The summed E-state index contributed by atoms with van der Waals surface area (Å²) in [6, 6.07) is -0.961. The Morgan fingerprint density at radius 1 is 1.36 bits per heavy atom. The van der Waals surface area contributed by atoms with E-state index in [4.69, 9.17) is 16.3 Å². The molecule has 5 rings (SSSR count). The van der Waals surface area contributed by atoms with Crippen molar-refractivity contribution in [2.75, 3.05) is 25.1 Å². The molecule has 1 aromatic rings. The second-order valence-corrected chi connectivity index (χ2v) is 9.71. The SMILES string of the molecule is CON=C(C(=O)N[C@@H]1C(=O)N2C(C(=O)O)=C(CN3C=CN4N=C(N)CC=C34)CS[C@@H]12)c1nsc(N)n1. The summed E-state index contributed by atoms with van der Waals surface area (Å²) in [5.74, 6) is -0.988. The number of aliphatic carboxylic acids is 1. The second kappa shape index (κ2) is 9.15. The summed E-state index contributed by atoms with van der Waals surface area (Å²) in [6.45, 7) is 0.248. The fourth-order valence-electron chi connectivity index (χ4n) is 4.06. The van der Waals surface area contributed by atoms with E-state index in [1.807, 2.05) is 11.0 Å². The van der Waals surface area contributed by atoms with E-state index < -0.39 is 29.2 Å². The highest BCUT2D eigenvalue weighted by molar-refractivity contribution is 8.00. The van der Waals surface area contributed by atoms with Gasteiger partial charge in [0.05, 0.1) is 0 Å². The van der Waals surface area contributed by atoms with Gasteiger partial charge in [-0.2, -0.15) is 14.5 Å². The Kier molecular flexibility index (Phi) is 6.00. The van der Waals surface area contributed by atoms with Crippen LogP contribution in [-0.2, 0) is 19.2 Å². The number of nitrogen functional groups attached to an aromatic ring is 1. The number of oxime groups is 1. The van der Waals surface area contributed by atoms with Crippen LogP contribution < -0.4 is 16.8 Å². The summed E-state index contributed by atoms with van der Waals surface area (Å²) in [6.07, 6.45) is 5.87. The Morgan fingerprint density at radius 2 is 2.17 bits per heavy atom. The predicted molar refractivity (Wildman–Crippen MR) is 130 cm³/mol. The smallest absolute Gasteiger partial charge is 0.352 e. The number of hydrogen-bond acceptors (Lipinski definition) is 14. The molecule has 188 valence electrons. The van der Waals surface area contributed by atoms with Crippen molar-refractivity contribution in [1.29, 1.82) is 0 Å². The van der Waals surface area contributed by atoms with E-state index in [1.165, 1.54) is 23.8 Å². The van der Waals surface area contributed by atoms with Crippen LogP contribution in [0.2, 0.25) is 0 Å². The molecule has 1 saturated heterocycles. The van der Waals surface area contributed by atoms with E-state index in [1.54, 1.807) is 17.4 Å². The second-order valence-electron chi connectivity index (χ2n) is 7.83. The van der Waals surface area contributed by atoms with Gasteiger partial charge in [-0.15, -0.1) is 11.8 Å². The zero-order valence-corrected chi connectivity index (χ0v) is 20.3. The maximum absolute atomic E-state index is 13.0. The first-order chi connectivity index (χ1) is 17.3. The number of β-lactam (4-membered cyclic amide) rings is 1. The van der Waals surface area contributed by atoms with Gasteiger partial charge in [0.25, 0.3) is 11.8 Å². The first-order valence-electron chi connectivity index (χ1n) is 10.5. The number of hydrogen-bond donors (Lipinski definition) is 4. The van der Waals surface area contributed by atoms with Crippen molar-refractivity contribution in [2.24, 2.45) is 16.0 Å². The molecule has 0 aromatic carbocycles. The fraction of sp³-hybridized carbons (Fsp3) is 0.316. The van der Waals surface area contributed by atoms with Crippen LogP contribution in [0.3, 0.4) is 0 Å². The van der Waals surface area contributed by atoms with Crippen molar-refractivity contribution in [3.63, 3.8) is 0 Å². The molecule has 6 N–H and O–H groups in total. The van der Waals surface area contributed by atoms with Crippen LogP contribution in [0.5, 0.6) is 0 Å². The van der Waals surface area contributed by atoms with Crippen molar-refractivity contribution in [1.82, 2.24) is 29.5 Å². The number of amidine groups is 1. The summed E-state index contributed by atoms with van der Waals surface area (Å²) in [5, 5.41) is 21.6. The minimum absolute atomic E-state index is 0.0407. The van der Waals surface area contributed by atoms with Crippen molar-refractivity contribution >= 4 is 57.8 Å². The molecule has 5 heterocycles. The lowest BCUT2D eigenvalue weighted by atomic mass is 10.0. The Bertz CT molecular complexity index is 1300. The van der Waals surface area contributed by atoms with Crippen LogP contribution in [0.1, 0.15) is 12.2 Å². The number of carboxylic acid groups (broad SMARTS) is 1. The number of aromatic nitrogens is 2. The number of carbonyl (C=O) groups excluding carboxylic acids is 2. The van der Waals surface area contributed by atoms with Gasteiger partial charge in [0.2, 0.25) is 11.5 Å². The van der Waals surface area contributed by atoms with E-state index in [9.17, 15) is 19.5 Å². The maximum atomic E-state index is 13.0. The zero-order valence-electron chi connectivity index (χ0n) is 18.7. The molecule has 2 amide bonds. The van der Waals surface area contributed by atoms with E-state index in [-0.39, 0.29) is 28.9 Å². The van der Waals surface area contributed by atoms with Gasteiger partial charge in [0.15, 0.2) is 5.13 Å². The largest absolute Gasteiger partial charge is 0.477 e. The van der Waals surface area contributed by atoms with Crippen LogP contribution in [0.4, 0.5) is 5.13 Å². The van der Waals surface area contributed by atoms with E-state index in [2.05, 4.69) is 24.9 Å². The maximum Gasteiger partial charge on any atom is 0.352 e. The molecule has 0 aliphatic carbocycles. The summed E-state index contributed by atoms with van der Waals surface area (Å²) < 4.78 is 3.95. The van der Waals surface area contributed by atoms with Gasteiger partial charge < -0.3 is 31.6 Å². The molecule has 0 saturated carbocycles. The van der Waals surface area contributed by atoms with Crippen molar-refractivity contribution in [3.05, 3.63) is 41.4 Å². The number of carbonyl (C=O) groups is 3. The topological polar surface area (TPSA) is 205 Å². The fourth-order valence-corrected chi connectivity index (χ4v) is 5.83. The predicted octanol–water partition coefficient (Wildman–Crippen LogP) is -1.18. The van der Waals surface area contributed by atoms with Gasteiger partial charge in [-0.05, 0) is 11.6 Å². The van der Waals surface area contributed by atoms with Gasteiger partial charge >= 0.3 is 5.97 Å². The number of nitrogens with two attached hydrogens (primary N) is 2. The standard InChI is InChI=1S/C19H20N10O5S2/c1-34-25-11(14-23-19(21)36-26-14)15(30)22-12-16(31)29-13(18(32)33)8(7-35-17(12)29)6-27-4-5-28-10(27)3-2-9(20)24-28/h3-5,12,17H,2,6-7H2,1H3,(H2,20,24)(H,22,30)(H,32,33)(H2,21,23,26)/t12-,17+/m1/s1. The molecule has 4 aliphatic heterocycles. The highest BCUT2D eigenvalue weighted by Gasteiger charge is 2.54. The van der Waals surface area contributed by atoms with Gasteiger partial charge in [0.1, 0.15) is 35.9 Å². The van der Waals surface area contributed by atoms with Gasteiger partial charge in [-0.25, -0.2) is 9.80 Å². The van der Waals surface area contributed by atoms with E-state index in [0.717, 1.165) is 17.4 Å². The van der Waals surface area contributed by atoms with E-state index >= 15 is 0 Å². The normalized spacial score (nSPS) is 23.1. The number of nitrogens with one attached hydrogen (secondary N) is 1. The summed E-state index contributed by atoms with van der Waals surface area (Å²) in [4.78, 5) is 49.7. The molecule has 4 aliphatic rings. The summed E-state index contributed by atoms with van der Waals surface area (Å²) in [5.41, 5.74) is 11.6. The molecule has 0 spiro atoms. The Hall–Kier alpha value is -4.12. The van der Waals surface area contributed by atoms with Gasteiger partial charge in [-0.3, -0.25) is 14.5 Å². The number of amides is 2. The molecule has 15 nitrogen and oxygen atoms in total. The average Bonchev–Trinajstić information content (AvgIpc) is 3.45. The van der Waals surface area contributed by atoms with Crippen LogP contribution in [0.15, 0.2) is 45.8 Å². The molecule has 17 heteroatoms. The van der Waals surface area contributed by atoms with Crippen molar-refractivity contribution in [3.8, 4) is 0 Å². The third kappa shape index (κ3) is 4.01. The number of thioether (sulfide) groups is 1. The van der Waals surface area contributed by atoms with E-state index in [0.29, 0.717) is 23.6 Å². The van der Waals surface area contributed by atoms with Crippen molar-refractivity contribution < 1.29 is 24.3 Å². The molecular formula is C19H20N10O5S2. The molecule has 36 heavy (non-hydrogen) atoms. The highest BCUT2D eigenvalue weighted by Crippen LogP contribution is 2.41. The number of rotatable bonds is 7. The monoisotopic (exact) mass is 532 g/mol. The van der Waals surface area contributed by atoms with Crippen LogP contribution in [0, 0.1) is 0 Å². The van der Waals surface area contributed by atoms with Crippen LogP contribution >= 0.6 is 23.3 Å². The Labute approximate surface area is 212 Å². The number of nitrogens with zero attached hydrogens (tertiary/aromatic N) is 7. The minimum Gasteiger partial charge on any atom is -0.477 e. The zero-order chi connectivity index (χ0) is 25.6. The molecule has 2 atom stereocenters. The molecule has 0 bridgehead atoms. The van der Waals surface area contributed by atoms with Gasteiger partial charge in [0, 0.05) is 42.7 Å². The Balaban J connectivity index is 1.32. The molecule has 0 unspecified atom stereocenters. The third-order valence-corrected chi connectivity index (χ3v) is 7.48. The lowest BCUT2D eigenvalue weighted by molar-refractivity contribution is -0.150. The lowest BCUT2D eigenvalue weighted by Gasteiger charge is -2.49. The Morgan fingerprint density at radius 3 is 2.86 bits per heavy atom. The van der Waals surface area contributed by atoms with Crippen molar-refractivity contribution in [2.45, 2.75) is 17.8 Å². The minimum atomic E-state index is -1.22. The third-order valence-electron chi connectivity index (χ3n) is 5.60. The summed E-state index contributed by atoms with van der Waals surface area (Å²) >= 11 is 2.23. The quantitative estimate of drug-likeness (QED) is 0.186. The van der Waals surface area contributed by atoms with Gasteiger partial charge in [-0.1, -0.05) is 5.16 Å². The molecule has 0 radical (unpaired) electrons. The number of fused-ring (bicyclic) bond motifs is 2.